The van der Waals surface area contributed by atoms with Gasteiger partial charge in [0, 0.05) is 36.4 Å². The number of aliphatic hydroxyl groups excluding tert-OH is 2. The normalized spacial score (nSPS) is 25.8. The van der Waals surface area contributed by atoms with Gasteiger partial charge in [0.2, 0.25) is 5.91 Å². The van der Waals surface area contributed by atoms with Crippen LogP contribution in [0.4, 0.5) is 13.2 Å². The first-order valence-corrected chi connectivity index (χ1v) is 12.8. The number of amides is 2. The first kappa shape index (κ1) is 27.2. The maximum atomic E-state index is 13.8. The van der Waals surface area contributed by atoms with Crippen molar-refractivity contribution < 1.29 is 42.4 Å². The topological polar surface area (TPSA) is 108 Å². The van der Waals surface area contributed by atoms with E-state index in [2.05, 4.69) is 5.32 Å². The lowest BCUT2D eigenvalue weighted by Crippen LogP contribution is -2.57. The van der Waals surface area contributed by atoms with E-state index < -0.39 is 47.7 Å². The number of fused-ring (bicyclic) bond motifs is 3. The van der Waals surface area contributed by atoms with Crippen LogP contribution in [-0.2, 0) is 15.7 Å². The Bertz CT molecular complexity index is 1240. The fourth-order valence-corrected chi connectivity index (χ4v) is 5.51. The van der Waals surface area contributed by atoms with Gasteiger partial charge in [-0.1, -0.05) is 18.2 Å². The van der Waals surface area contributed by atoms with Crippen molar-refractivity contribution in [2.75, 3.05) is 26.3 Å². The van der Waals surface area contributed by atoms with Crippen LogP contribution < -0.4 is 10.1 Å². The van der Waals surface area contributed by atoms with Crippen LogP contribution in [0.2, 0.25) is 0 Å². The Hall–Kier alpha value is -3.41. The zero-order chi connectivity index (χ0) is 27.7. The highest BCUT2D eigenvalue weighted by molar-refractivity contribution is 5.97. The molecule has 0 aromatic heterocycles. The standard InChI is InChI=1S/C28H29F3N2O6/c29-28(30,31)17-9-7-16(8-10-17)27(37)33(15-18-4-3-13-38-18)21-14-20(26(36)32-11-12-34)23-19-5-1-2-6-22(19)39-25(23)24(21)35/h1-2,5-10,14,18,21,23-25,34-35H,3-4,11-13,15H2,(H,32,36). The van der Waals surface area contributed by atoms with Crippen molar-refractivity contribution in [3.05, 3.63) is 76.9 Å². The van der Waals surface area contributed by atoms with Gasteiger partial charge in [-0.2, -0.15) is 13.2 Å². The van der Waals surface area contributed by atoms with E-state index in [4.69, 9.17) is 9.47 Å². The number of para-hydroxylation sites is 1. The predicted octanol–water partition coefficient (Wildman–Crippen LogP) is 2.65. The lowest BCUT2D eigenvalue weighted by Gasteiger charge is -2.41. The highest BCUT2D eigenvalue weighted by Crippen LogP contribution is 2.47. The molecule has 2 heterocycles. The highest BCUT2D eigenvalue weighted by atomic mass is 19.4. The van der Waals surface area contributed by atoms with Crippen LogP contribution in [0.3, 0.4) is 0 Å². The van der Waals surface area contributed by atoms with E-state index in [1.54, 1.807) is 24.3 Å². The van der Waals surface area contributed by atoms with Gasteiger partial charge >= 0.3 is 6.18 Å². The van der Waals surface area contributed by atoms with Crippen molar-refractivity contribution >= 4 is 11.8 Å². The van der Waals surface area contributed by atoms with E-state index in [-0.39, 0.29) is 36.9 Å². The summed E-state index contributed by atoms with van der Waals surface area (Å²) in [7, 11) is 0. The zero-order valence-electron chi connectivity index (χ0n) is 20.9. The minimum atomic E-state index is -4.55. The quantitative estimate of drug-likeness (QED) is 0.493. The van der Waals surface area contributed by atoms with Crippen LogP contribution in [0.25, 0.3) is 0 Å². The summed E-state index contributed by atoms with van der Waals surface area (Å²) < 4.78 is 51.2. The van der Waals surface area contributed by atoms with Crippen LogP contribution in [0.15, 0.2) is 60.2 Å². The van der Waals surface area contributed by atoms with Crippen molar-refractivity contribution in [3.8, 4) is 5.75 Å². The van der Waals surface area contributed by atoms with E-state index in [9.17, 15) is 33.0 Å². The molecular formula is C28H29F3N2O6. The second-order valence-corrected chi connectivity index (χ2v) is 9.85. The number of hydrogen-bond acceptors (Lipinski definition) is 6. The third kappa shape index (κ3) is 5.39. The second kappa shape index (κ2) is 11.0. The van der Waals surface area contributed by atoms with Gasteiger partial charge in [0.15, 0.2) is 0 Å². The maximum Gasteiger partial charge on any atom is 0.416 e. The second-order valence-electron chi connectivity index (χ2n) is 9.85. The number of carbonyl (C=O) groups excluding carboxylic acids is 2. The molecule has 3 N–H and O–H groups in total. The summed E-state index contributed by atoms with van der Waals surface area (Å²) >= 11 is 0. The van der Waals surface area contributed by atoms with Crippen LogP contribution in [0, 0.1) is 0 Å². The molecule has 2 aromatic rings. The number of ether oxygens (including phenoxy) is 2. The molecule has 5 atom stereocenters. The van der Waals surface area contributed by atoms with Crippen molar-refractivity contribution in [3.63, 3.8) is 0 Å². The van der Waals surface area contributed by atoms with Crippen LogP contribution in [-0.4, -0.2) is 77.6 Å². The average Bonchev–Trinajstić information content (AvgIpc) is 3.58. The number of alkyl halides is 3. The van der Waals surface area contributed by atoms with Gasteiger partial charge in [-0.15, -0.1) is 0 Å². The van der Waals surface area contributed by atoms with Gasteiger partial charge < -0.3 is 29.9 Å². The first-order chi connectivity index (χ1) is 18.7. The Morgan fingerprint density at radius 1 is 1.10 bits per heavy atom. The molecule has 208 valence electrons. The van der Waals surface area contributed by atoms with E-state index in [1.807, 2.05) is 0 Å². The van der Waals surface area contributed by atoms with E-state index in [0.29, 0.717) is 24.3 Å². The number of nitrogens with one attached hydrogen (secondary N) is 1. The molecule has 0 saturated carbocycles. The van der Waals surface area contributed by atoms with E-state index in [1.165, 1.54) is 11.0 Å². The monoisotopic (exact) mass is 546 g/mol. The highest BCUT2D eigenvalue weighted by Gasteiger charge is 2.50. The Kier molecular flexibility index (Phi) is 7.66. The molecule has 1 fully saturated rings. The summed E-state index contributed by atoms with van der Waals surface area (Å²) in [5.74, 6) is -1.19. The maximum absolute atomic E-state index is 13.8. The number of aliphatic hydroxyl groups is 2. The summed E-state index contributed by atoms with van der Waals surface area (Å²) in [5, 5.41) is 23.4. The van der Waals surface area contributed by atoms with Crippen LogP contribution in [0.1, 0.15) is 40.2 Å². The number of carbonyl (C=O) groups is 2. The van der Waals surface area contributed by atoms with Gasteiger partial charge in [-0.25, -0.2) is 0 Å². The molecule has 2 aromatic carbocycles. The summed E-state index contributed by atoms with van der Waals surface area (Å²) in [5.41, 5.74) is 0.104. The number of nitrogens with zero attached hydrogens (tertiary/aromatic N) is 1. The van der Waals surface area contributed by atoms with E-state index >= 15 is 0 Å². The molecule has 1 saturated heterocycles. The molecule has 2 amide bonds. The van der Waals surface area contributed by atoms with Gasteiger partial charge in [0.25, 0.3) is 5.91 Å². The van der Waals surface area contributed by atoms with Gasteiger partial charge in [0.1, 0.15) is 18.0 Å². The van der Waals surface area contributed by atoms with Gasteiger partial charge in [-0.05, 0) is 49.2 Å². The van der Waals surface area contributed by atoms with Crippen LogP contribution >= 0.6 is 0 Å². The van der Waals surface area contributed by atoms with E-state index in [0.717, 1.165) is 30.7 Å². The Morgan fingerprint density at radius 3 is 2.51 bits per heavy atom. The lowest BCUT2D eigenvalue weighted by atomic mass is 9.77. The average molecular weight is 547 g/mol. The lowest BCUT2D eigenvalue weighted by molar-refractivity contribution is -0.137. The molecule has 39 heavy (non-hydrogen) atoms. The third-order valence-corrected chi connectivity index (χ3v) is 7.38. The Labute approximate surface area is 223 Å². The third-order valence-electron chi connectivity index (χ3n) is 7.38. The Balaban J connectivity index is 1.54. The van der Waals surface area contributed by atoms with Crippen molar-refractivity contribution in [2.24, 2.45) is 0 Å². The first-order valence-electron chi connectivity index (χ1n) is 12.8. The Morgan fingerprint density at radius 2 is 1.85 bits per heavy atom. The van der Waals surface area contributed by atoms with Crippen molar-refractivity contribution in [2.45, 2.75) is 49.3 Å². The molecule has 11 heteroatoms. The molecule has 5 unspecified atom stereocenters. The largest absolute Gasteiger partial charge is 0.486 e. The minimum Gasteiger partial charge on any atom is -0.486 e. The molecule has 8 nitrogen and oxygen atoms in total. The fraction of sp³-hybridized carbons (Fsp3) is 0.429. The summed E-state index contributed by atoms with van der Waals surface area (Å²) in [6, 6.07) is 9.95. The van der Waals surface area contributed by atoms with Crippen molar-refractivity contribution in [1.29, 1.82) is 0 Å². The molecule has 0 spiro atoms. The number of hydrogen-bond donors (Lipinski definition) is 3. The predicted molar refractivity (Wildman–Crippen MR) is 133 cm³/mol. The summed E-state index contributed by atoms with van der Waals surface area (Å²) in [4.78, 5) is 28.4. The number of halogens is 3. The molecule has 5 rings (SSSR count). The molecule has 1 aliphatic carbocycles. The summed E-state index contributed by atoms with van der Waals surface area (Å²) in [6.07, 6.45) is -4.05. The summed E-state index contributed by atoms with van der Waals surface area (Å²) in [6.45, 7) is 0.305. The number of rotatable bonds is 7. The molecular weight excluding hydrogens is 517 g/mol. The molecule has 2 aliphatic heterocycles. The zero-order valence-corrected chi connectivity index (χ0v) is 20.9. The van der Waals surface area contributed by atoms with Crippen molar-refractivity contribution in [1.82, 2.24) is 10.2 Å². The fourth-order valence-electron chi connectivity index (χ4n) is 5.51. The van der Waals surface area contributed by atoms with Gasteiger partial charge in [-0.3, -0.25) is 9.59 Å². The molecule has 0 bridgehead atoms. The van der Waals surface area contributed by atoms with Gasteiger partial charge in [0.05, 0.1) is 30.2 Å². The smallest absolute Gasteiger partial charge is 0.416 e. The van der Waals surface area contributed by atoms with Crippen LogP contribution in [0.5, 0.6) is 5.75 Å². The molecule has 0 radical (unpaired) electrons. The minimum absolute atomic E-state index is 0.00521. The number of benzene rings is 2. The SMILES string of the molecule is O=C(NCCO)C1=CC(N(CC2CCCO2)C(=O)c2ccc(C(F)(F)F)cc2)C(O)C2Oc3ccccc3C12. The molecule has 3 aliphatic rings.